The number of benzene rings is 1. The lowest BCUT2D eigenvalue weighted by molar-refractivity contribution is -0.0497. The van der Waals surface area contributed by atoms with Gasteiger partial charge in [-0.15, -0.1) is 0 Å². The number of anilines is 1. The summed E-state index contributed by atoms with van der Waals surface area (Å²) >= 11 is 6.14. The predicted octanol–water partition coefficient (Wildman–Crippen LogP) is 4.56. The first-order valence-corrected chi connectivity index (χ1v) is 9.22. The summed E-state index contributed by atoms with van der Waals surface area (Å²) in [7, 11) is 0. The first-order chi connectivity index (χ1) is 13.4. The van der Waals surface area contributed by atoms with Crippen LogP contribution in [0.5, 0.6) is 5.75 Å². The highest BCUT2D eigenvalue weighted by atomic mass is 35.5. The van der Waals surface area contributed by atoms with Crippen LogP contribution in [-0.4, -0.2) is 29.2 Å². The predicted molar refractivity (Wildman–Crippen MR) is 105 cm³/mol. The first-order valence-electron chi connectivity index (χ1n) is 8.84. The number of pyridine rings is 1. The molecule has 0 aliphatic carbocycles. The Morgan fingerprint density at radius 2 is 2.11 bits per heavy atom. The molecular formula is C20H19ClF2N4O. The minimum Gasteiger partial charge on any atom is -0.433 e. The van der Waals surface area contributed by atoms with E-state index in [1.165, 1.54) is 6.07 Å². The zero-order chi connectivity index (χ0) is 19.8. The lowest BCUT2D eigenvalue weighted by Crippen LogP contribution is -2.47. The van der Waals surface area contributed by atoms with Gasteiger partial charge < -0.3 is 15.1 Å². The number of nitrogens with zero attached hydrogens (tertiary/aromatic N) is 3. The van der Waals surface area contributed by atoms with E-state index < -0.39 is 6.61 Å². The Morgan fingerprint density at radius 1 is 1.29 bits per heavy atom. The largest absolute Gasteiger partial charge is 0.433 e. The fourth-order valence-electron chi connectivity index (χ4n) is 3.45. The molecule has 5 nitrogen and oxygen atoms in total. The van der Waals surface area contributed by atoms with Crippen molar-refractivity contribution in [1.82, 2.24) is 15.4 Å². The Kier molecular flexibility index (Phi) is 4.85. The molecule has 0 saturated heterocycles. The summed E-state index contributed by atoms with van der Waals surface area (Å²) in [5, 5.41) is 2.26. The molecule has 0 amide bonds. The van der Waals surface area contributed by atoms with Crippen LogP contribution >= 0.6 is 11.6 Å². The van der Waals surface area contributed by atoms with E-state index >= 15 is 0 Å². The number of allylic oxidation sites excluding steroid dienone is 1. The number of hydrazine groups is 1. The molecule has 1 atom stereocenters. The van der Waals surface area contributed by atoms with E-state index in [1.807, 2.05) is 31.5 Å². The number of hydrogen-bond donors (Lipinski definition) is 1. The molecular weight excluding hydrogens is 386 g/mol. The molecule has 2 aromatic rings. The molecule has 28 heavy (non-hydrogen) atoms. The monoisotopic (exact) mass is 404 g/mol. The number of halogens is 3. The second kappa shape index (κ2) is 7.31. The van der Waals surface area contributed by atoms with Gasteiger partial charge in [0, 0.05) is 42.1 Å². The van der Waals surface area contributed by atoms with Crippen LogP contribution in [0.15, 0.2) is 54.6 Å². The Bertz CT molecular complexity index is 963. The lowest BCUT2D eigenvalue weighted by Gasteiger charge is -2.38. The second-order valence-electron chi connectivity index (χ2n) is 6.75. The molecule has 1 aromatic carbocycles. The summed E-state index contributed by atoms with van der Waals surface area (Å²) in [6.45, 7) is 1.87. The second-order valence-corrected chi connectivity index (χ2v) is 7.16. The molecule has 3 heterocycles. The number of nitrogens with one attached hydrogen (secondary N) is 1. The van der Waals surface area contributed by atoms with E-state index in [4.69, 9.17) is 11.6 Å². The van der Waals surface area contributed by atoms with E-state index in [1.54, 1.807) is 18.3 Å². The Morgan fingerprint density at radius 3 is 2.82 bits per heavy atom. The van der Waals surface area contributed by atoms with Crippen molar-refractivity contribution in [3.8, 4) is 5.75 Å². The van der Waals surface area contributed by atoms with Gasteiger partial charge in [0.15, 0.2) is 0 Å². The third kappa shape index (κ3) is 3.49. The van der Waals surface area contributed by atoms with Crippen molar-refractivity contribution < 1.29 is 13.5 Å². The fraction of sp³-hybridized carbons (Fsp3) is 0.250. The number of aryl methyl sites for hydroxylation is 1. The molecule has 4 rings (SSSR count). The average Bonchev–Trinajstić information content (AvgIpc) is 3.07. The zero-order valence-electron chi connectivity index (χ0n) is 15.4. The SMILES string of the molecule is Cc1cc(C2=CNN3C2=CN(c2ccc(OC(F)F)c(Cl)c2)C[C@@H]3C)ccn1. The molecule has 0 unspecified atom stereocenters. The molecule has 0 bridgehead atoms. The van der Waals surface area contributed by atoms with Crippen LogP contribution in [0.25, 0.3) is 5.57 Å². The van der Waals surface area contributed by atoms with Crippen molar-refractivity contribution in [2.24, 2.45) is 0 Å². The summed E-state index contributed by atoms with van der Waals surface area (Å²) in [6.07, 6.45) is 5.80. The minimum absolute atomic E-state index is 0.0323. The number of aromatic nitrogens is 1. The van der Waals surface area contributed by atoms with Crippen LogP contribution in [0.2, 0.25) is 5.02 Å². The van der Waals surface area contributed by atoms with Gasteiger partial charge in [-0.25, -0.2) is 0 Å². The minimum atomic E-state index is -2.91. The van der Waals surface area contributed by atoms with Crippen LogP contribution < -0.4 is 15.1 Å². The molecule has 2 aliphatic heterocycles. The third-order valence-electron chi connectivity index (χ3n) is 4.73. The fourth-order valence-corrected chi connectivity index (χ4v) is 3.67. The van der Waals surface area contributed by atoms with Crippen LogP contribution in [0, 0.1) is 6.92 Å². The first kappa shape index (κ1) is 18.6. The van der Waals surface area contributed by atoms with Gasteiger partial charge in [0.2, 0.25) is 0 Å². The van der Waals surface area contributed by atoms with Crippen LogP contribution in [0.4, 0.5) is 14.5 Å². The third-order valence-corrected chi connectivity index (χ3v) is 5.03. The van der Waals surface area contributed by atoms with Crippen LogP contribution in [0.1, 0.15) is 18.2 Å². The Hall–Kier alpha value is -2.80. The quantitative estimate of drug-likeness (QED) is 0.809. The molecule has 0 radical (unpaired) electrons. The van der Waals surface area contributed by atoms with Gasteiger partial charge in [0.1, 0.15) is 5.75 Å². The standard InChI is InChI=1S/C20H19ClF2N4O/c1-12-7-14(5-6-24-12)16-9-25-27-13(2)10-26(11-18(16)27)15-3-4-19(17(21)8-15)28-20(22)23/h3-9,11,13,20,25H,10H2,1-2H3/t13-/m0/s1. The number of hydrogen-bond acceptors (Lipinski definition) is 5. The highest BCUT2D eigenvalue weighted by Crippen LogP contribution is 2.36. The maximum atomic E-state index is 12.5. The van der Waals surface area contributed by atoms with Gasteiger partial charge in [-0.3, -0.25) is 9.99 Å². The Labute approximate surface area is 166 Å². The maximum absolute atomic E-state index is 12.5. The lowest BCUT2D eigenvalue weighted by atomic mass is 10.0. The van der Waals surface area contributed by atoms with E-state index in [-0.39, 0.29) is 16.8 Å². The molecule has 2 aliphatic rings. The molecule has 0 saturated carbocycles. The van der Waals surface area contributed by atoms with Gasteiger partial charge in [-0.2, -0.15) is 8.78 Å². The van der Waals surface area contributed by atoms with Gasteiger partial charge >= 0.3 is 6.61 Å². The number of alkyl halides is 2. The van der Waals surface area contributed by atoms with Crippen molar-refractivity contribution in [1.29, 1.82) is 0 Å². The van der Waals surface area contributed by atoms with Crippen molar-refractivity contribution in [3.63, 3.8) is 0 Å². The van der Waals surface area contributed by atoms with Crippen LogP contribution in [0.3, 0.4) is 0 Å². The molecule has 0 spiro atoms. The topological polar surface area (TPSA) is 40.6 Å². The number of rotatable bonds is 4. The normalized spacial score (nSPS) is 18.6. The highest BCUT2D eigenvalue weighted by molar-refractivity contribution is 6.32. The van der Waals surface area contributed by atoms with Crippen LogP contribution in [-0.2, 0) is 0 Å². The average molecular weight is 405 g/mol. The van der Waals surface area contributed by atoms with Gasteiger partial charge in [-0.05, 0) is 49.7 Å². The van der Waals surface area contributed by atoms with Gasteiger partial charge in [0.05, 0.1) is 16.8 Å². The van der Waals surface area contributed by atoms with Gasteiger partial charge in [0.25, 0.3) is 0 Å². The van der Waals surface area contributed by atoms with Crippen molar-refractivity contribution in [2.45, 2.75) is 26.5 Å². The number of ether oxygens (including phenoxy) is 1. The van der Waals surface area contributed by atoms with E-state index in [9.17, 15) is 8.78 Å². The van der Waals surface area contributed by atoms with E-state index in [0.717, 1.165) is 28.2 Å². The van der Waals surface area contributed by atoms with Gasteiger partial charge in [-0.1, -0.05) is 11.6 Å². The van der Waals surface area contributed by atoms with E-state index in [2.05, 4.69) is 32.0 Å². The maximum Gasteiger partial charge on any atom is 0.387 e. The summed E-state index contributed by atoms with van der Waals surface area (Å²) in [4.78, 5) is 6.32. The summed E-state index contributed by atoms with van der Waals surface area (Å²) in [5.74, 6) is -0.0323. The van der Waals surface area contributed by atoms with Crippen molar-refractivity contribution >= 4 is 22.9 Å². The zero-order valence-corrected chi connectivity index (χ0v) is 16.1. The highest BCUT2D eigenvalue weighted by Gasteiger charge is 2.31. The Balaban J connectivity index is 1.66. The summed E-state index contributed by atoms with van der Waals surface area (Å²) < 4.78 is 29.4. The molecule has 0 fully saturated rings. The van der Waals surface area contributed by atoms with Crippen molar-refractivity contribution in [3.05, 3.63) is 70.9 Å². The summed E-state index contributed by atoms with van der Waals surface area (Å²) in [6, 6.07) is 9.02. The smallest absolute Gasteiger partial charge is 0.387 e. The molecule has 8 heteroatoms. The molecule has 1 N–H and O–H groups in total. The molecule has 1 aromatic heterocycles. The van der Waals surface area contributed by atoms with Crippen molar-refractivity contribution in [2.75, 3.05) is 11.4 Å². The summed E-state index contributed by atoms with van der Waals surface area (Å²) in [5.41, 5.74) is 8.22. The molecule has 146 valence electrons. The number of fused-ring (bicyclic) bond motifs is 1. The van der Waals surface area contributed by atoms with E-state index in [0.29, 0.717) is 6.54 Å².